The number of nitrogens with one attached hydrogen (secondary N) is 3. The number of amides is 3. The number of aromatic nitrogens is 3. The minimum absolute atomic E-state index is 0.0103. The topological polar surface area (TPSA) is 157 Å². The lowest BCUT2D eigenvalue weighted by atomic mass is 9.98. The summed E-state index contributed by atoms with van der Waals surface area (Å²) in [4.78, 5) is 54.5. The van der Waals surface area contributed by atoms with E-state index in [1.54, 1.807) is 42.1 Å². The summed E-state index contributed by atoms with van der Waals surface area (Å²) in [5, 5.41) is 8.29. The van der Waals surface area contributed by atoms with Gasteiger partial charge in [0, 0.05) is 36.2 Å². The second-order valence-corrected chi connectivity index (χ2v) is 10.1. The molecule has 3 N–H and O–H groups in total. The summed E-state index contributed by atoms with van der Waals surface area (Å²) in [6.45, 7) is 3.75. The molecule has 2 aromatic heterocycles. The summed E-state index contributed by atoms with van der Waals surface area (Å²) >= 11 is 0. The van der Waals surface area contributed by atoms with E-state index in [9.17, 15) is 19.2 Å². The Bertz CT molecular complexity index is 1680. The minimum Gasteiger partial charge on any atom is -0.464 e. The molecule has 1 saturated heterocycles. The van der Waals surface area contributed by atoms with E-state index in [1.165, 1.54) is 0 Å². The van der Waals surface area contributed by atoms with E-state index in [2.05, 4.69) is 21.3 Å². The maximum Gasteiger partial charge on any atom is 0.338 e. The first-order valence-electron chi connectivity index (χ1n) is 13.9. The molecule has 222 valence electrons. The second kappa shape index (κ2) is 12.8. The molecule has 2 aromatic carbocycles. The van der Waals surface area contributed by atoms with Gasteiger partial charge in [0.2, 0.25) is 5.91 Å². The first kappa shape index (κ1) is 29.4. The zero-order valence-electron chi connectivity index (χ0n) is 24.0. The van der Waals surface area contributed by atoms with Crippen molar-refractivity contribution in [1.29, 1.82) is 0 Å². The van der Waals surface area contributed by atoms with Crippen LogP contribution in [0.25, 0.3) is 22.2 Å². The number of para-hydroxylation sites is 1. The Morgan fingerprint density at radius 1 is 1.05 bits per heavy atom. The van der Waals surface area contributed by atoms with E-state index in [4.69, 9.17) is 14.5 Å². The van der Waals surface area contributed by atoms with Crippen molar-refractivity contribution in [2.75, 3.05) is 6.61 Å². The van der Waals surface area contributed by atoms with Crippen molar-refractivity contribution < 1.29 is 28.7 Å². The molecule has 5 rings (SSSR count). The van der Waals surface area contributed by atoms with E-state index in [-0.39, 0.29) is 31.4 Å². The van der Waals surface area contributed by atoms with Crippen LogP contribution in [-0.2, 0) is 37.3 Å². The van der Waals surface area contributed by atoms with Crippen molar-refractivity contribution in [3.63, 3.8) is 0 Å². The molecule has 4 aromatic rings. The Hall–Kier alpha value is -5.10. The zero-order valence-corrected chi connectivity index (χ0v) is 24.0. The first-order chi connectivity index (χ1) is 20.7. The van der Waals surface area contributed by atoms with Gasteiger partial charge in [0.15, 0.2) is 12.2 Å². The minimum atomic E-state index is -0.997. The number of hydrogen-bond acceptors (Lipinski definition) is 8. The number of epoxide rings is 1. The average molecular weight is 585 g/mol. The maximum absolute atomic E-state index is 13.5. The molecule has 12 nitrogen and oxygen atoms in total. The van der Waals surface area contributed by atoms with Crippen LogP contribution in [0.15, 0.2) is 67.0 Å². The molecule has 0 saturated carbocycles. The summed E-state index contributed by atoms with van der Waals surface area (Å²) in [5.74, 6) is -2.01. The van der Waals surface area contributed by atoms with Gasteiger partial charge in [-0.05, 0) is 49.6 Å². The number of benzene rings is 2. The van der Waals surface area contributed by atoms with Crippen molar-refractivity contribution in [2.45, 2.75) is 44.9 Å². The fourth-order valence-electron chi connectivity index (χ4n) is 4.80. The molecule has 1 fully saturated rings. The number of aryl methyl sites for hydroxylation is 2. The number of hydrazine groups is 1. The van der Waals surface area contributed by atoms with Crippen molar-refractivity contribution >= 4 is 34.6 Å². The Kier molecular flexibility index (Phi) is 8.77. The van der Waals surface area contributed by atoms with E-state index in [0.29, 0.717) is 11.1 Å². The second-order valence-electron chi connectivity index (χ2n) is 10.1. The van der Waals surface area contributed by atoms with Gasteiger partial charge in [-0.2, -0.15) is 5.10 Å². The molecule has 0 radical (unpaired) electrons. The van der Waals surface area contributed by atoms with E-state index >= 15 is 0 Å². The molecule has 1 aliphatic rings. The van der Waals surface area contributed by atoms with Gasteiger partial charge in [0.1, 0.15) is 0 Å². The van der Waals surface area contributed by atoms with Gasteiger partial charge < -0.3 is 14.8 Å². The lowest BCUT2D eigenvalue weighted by molar-refractivity contribution is -0.144. The molecule has 0 unspecified atom stereocenters. The fraction of sp³-hybridized carbons (Fsp3) is 0.290. The highest BCUT2D eigenvalue weighted by Crippen LogP contribution is 2.29. The molecule has 0 spiro atoms. The van der Waals surface area contributed by atoms with Crippen LogP contribution in [0, 0.1) is 0 Å². The van der Waals surface area contributed by atoms with Crippen LogP contribution >= 0.6 is 0 Å². The number of carbonyl (C=O) groups is 4. The van der Waals surface area contributed by atoms with Crippen LogP contribution in [0.4, 0.5) is 0 Å². The Labute approximate surface area is 247 Å². The number of hydrogen-bond donors (Lipinski definition) is 3. The third kappa shape index (κ3) is 6.87. The maximum atomic E-state index is 13.5. The molecular formula is C31H32N6O6. The Morgan fingerprint density at radius 3 is 2.58 bits per heavy atom. The summed E-state index contributed by atoms with van der Waals surface area (Å²) < 4.78 is 11.6. The van der Waals surface area contributed by atoms with Gasteiger partial charge in [-0.15, -0.1) is 0 Å². The number of fused-ring (bicyclic) bond motifs is 1. The number of ether oxygens (including phenoxy) is 2. The molecule has 43 heavy (non-hydrogen) atoms. The van der Waals surface area contributed by atoms with E-state index < -0.39 is 30.0 Å². The van der Waals surface area contributed by atoms with Gasteiger partial charge in [-0.1, -0.05) is 36.4 Å². The molecule has 3 atom stereocenters. The number of rotatable bonds is 10. The molecule has 3 amide bonds. The largest absolute Gasteiger partial charge is 0.464 e. The number of carbonyl (C=O) groups excluding carboxylic acids is 4. The third-order valence-electron chi connectivity index (χ3n) is 7.04. The van der Waals surface area contributed by atoms with Gasteiger partial charge >= 0.3 is 5.97 Å². The normalized spacial score (nSPS) is 16.3. The quantitative estimate of drug-likeness (QED) is 0.146. The van der Waals surface area contributed by atoms with Crippen LogP contribution in [0.3, 0.4) is 0 Å². The smallest absolute Gasteiger partial charge is 0.338 e. The lowest BCUT2D eigenvalue weighted by Gasteiger charge is -2.19. The van der Waals surface area contributed by atoms with Crippen molar-refractivity contribution in [3.8, 4) is 11.3 Å². The van der Waals surface area contributed by atoms with Crippen molar-refractivity contribution in [1.82, 2.24) is 30.9 Å². The van der Waals surface area contributed by atoms with Crippen LogP contribution in [0.2, 0.25) is 0 Å². The molecule has 1 aliphatic heterocycles. The summed E-state index contributed by atoms with van der Waals surface area (Å²) in [6, 6.07) is 16.4. The van der Waals surface area contributed by atoms with Crippen molar-refractivity contribution in [3.05, 3.63) is 83.7 Å². The molecule has 0 bridgehead atoms. The average Bonchev–Trinajstić information content (AvgIpc) is 3.71. The van der Waals surface area contributed by atoms with E-state index in [0.717, 1.165) is 27.7 Å². The molecule has 3 heterocycles. The van der Waals surface area contributed by atoms with Crippen LogP contribution in [0.1, 0.15) is 47.8 Å². The van der Waals surface area contributed by atoms with Crippen LogP contribution in [0.5, 0.6) is 0 Å². The fourth-order valence-corrected chi connectivity index (χ4v) is 4.80. The lowest BCUT2D eigenvalue weighted by Crippen LogP contribution is -2.44. The van der Waals surface area contributed by atoms with Crippen molar-refractivity contribution in [2.24, 2.45) is 7.05 Å². The van der Waals surface area contributed by atoms with Crippen LogP contribution in [-0.4, -0.2) is 57.3 Å². The predicted octanol–water partition coefficient (Wildman–Crippen LogP) is 2.54. The van der Waals surface area contributed by atoms with Gasteiger partial charge in [0.25, 0.3) is 11.8 Å². The highest BCUT2D eigenvalue weighted by Gasteiger charge is 2.51. The SMILES string of the molecule is CCOC(=O)[C@@H]1O[C@H]1C(=O)NNC(=O)CCc1ccccc1C(=O)N[C@H](C)c1cc(-c2cnn(C)c2)nc2ccccc12. The number of nitrogens with zero attached hydrogens (tertiary/aromatic N) is 3. The predicted molar refractivity (Wildman–Crippen MR) is 156 cm³/mol. The molecular weight excluding hydrogens is 552 g/mol. The van der Waals surface area contributed by atoms with Gasteiger partial charge in [0.05, 0.1) is 30.1 Å². The third-order valence-corrected chi connectivity index (χ3v) is 7.04. The van der Waals surface area contributed by atoms with Crippen LogP contribution < -0.4 is 16.2 Å². The number of esters is 1. The zero-order chi connectivity index (χ0) is 30.5. The number of pyridine rings is 1. The first-order valence-corrected chi connectivity index (χ1v) is 13.9. The highest BCUT2D eigenvalue weighted by atomic mass is 16.6. The Balaban J connectivity index is 1.22. The monoisotopic (exact) mass is 584 g/mol. The summed E-state index contributed by atoms with van der Waals surface area (Å²) in [5.41, 5.74) is 9.05. The van der Waals surface area contributed by atoms with E-state index in [1.807, 2.05) is 50.5 Å². The van der Waals surface area contributed by atoms with Gasteiger partial charge in [-0.25, -0.2) is 9.78 Å². The highest BCUT2D eigenvalue weighted by molar-refractivity contribution is 5.97. The standard InChI is InChI=1S/C31H32N6O6/c1-4-42-31(41)28-27(43-28)30(40)36-35-26(38)14-13-19-9-5-6-10-21(19)29(39)33-18(2)23-15-25(20-16-32-37(3)17-20)34-24-12-8-7-11-22(23)24/h5-12,15-18,27-28H,4,13-14H2,1-3H3,(H,33,39)(H,35,38)(H,36,40)/t18-,27-,28-/m1/s1. The summed E-state index contributed by atoms with van der Waals surface area (Å²) in [6.07, 6.45) is 1.95. The summed E-state index contributed by atoms with van der Waals surface area (Å²) in [7, 11) is 1.84. The molecule has 0 aliphatic carbocycles. The Morgan fingerprint density at radius 2 is 1.81 bits per heavy atom. The molecule has 12 heteroatoms. The van der Waals surface area contributed by atoms with Gasteiger partial charge in [-0.3, -0.25) is 29.9 Å².